The van der Waals surface area contributed by atoms with Gasteiger partial charge in [-0.25, -0.2) is 4.98 Å². The number of carbonyl (C=O) groups is 2. The van der Waals surface area contributed by atoms with E-state index in [4.69, 9.17) is 5.11 Å². The van der Waals surface area contributed by atoms with Crippen molar-refractivity contribution in [3.05, 3.63) is 23.9 Å². The fraction of sp³-hybridized carbons (Fsp3) is 0.364. The van der Waals surface area contributed by atoms with Crippen LogP contribution < -0.4 is 10.1 Å². The molecule has 1 atom stereocenters. The van der Waals surface area contributed by atoms with E-state index in [-0.39, 0.29) is 11.4 Å². The molecule has 1 heterocycles. The SMILES string of the molecule is C[C@H](NC(=O)c1ccc(OCC(F)(F)F)nc1)C(=O)O. The highest BCUT2D eigenvalue weighted by Crippen LogP contribution is 2.17. The largest absolute Gasteiger partial charge is 0.480 e. The molecule has 0 aromatic carbocycles. The Hall–Kier alpha value is -2.32. The van der Waals surface area contributed by atoms with Crippen molar-refractivity contribution in [3.63, 3.8) is 0 Å². The minimum absolute atomic E-state index is 0.0115. The number of nitrogens with zero attached hydrogens (tertiary/aromatic N) is 1. The summed E-state index contributed by atoms with van der Waals surface area (Å²) in [5, 5.41) is 10.8. The van der Waals surface area contributed by atoms with Crippen LogP contribution in [0.5, 0.6) is 5.88 Å². The van der Waals surface area contributed by atoms with Gasteiger partial charge in [0.2, 0.25) is 5.88 Å². The minimum atomic E-state index is -4.48. The molecule has 0 saturated heterocycles. The average molecular weight is 292 g/mol. The van der Waals surface area contributed by atoms with E-state index in [1.165, 1.54) is 13.0 Å². The summed E-state index contributed by atoms with van der Waals surface area (Å²) < 4.78 is 40.0. The fourth-order valence-corrected chi connectivity index (χ4v) is 1.10. The Morgan fingerprint density at radius 3 is 2.55 bits per heavy atom. The highest BCUT2D eigenvalue weighted by molar-refractivity contribution is 5.96. The number of halogens is 3. The molecule has 0 radical (unpaired) electrons. The number of amides is 1. The Morgan fingerprint density at radius 1 is 1.45 bits per heavy atom. The molecule has 20 heavy (non-hydrogen) atoms. The van der Waals surface area contributed by atoms with E-state index in [0.29, 0.717) is 0 Å². The second-order valence-corrected chi connectivity index (χ2v) is 3.82. The molecule has 1 aromatic rings. The maximum atomic E-state index is 11.9. The molecule has 1 aromatic heterocycles. The van der Waals surface area contributed by atoms with Crippen LogP contribution in [0.1, 0.15) is 17.3 Å². The van der Waals surface area contributed by atoms with Crippen LogP contribution >= 0.6 is 0 Å². The zero-order valence-electron chi connectivity index (χ0n) is 10.3. The smallest absolute Gasteiger partial charge is 0.422 e. The standard InChI is InChI=1S/C11H11F3N2O4/c1-6(10(18)19)16-9(17)7-2-3-8(15-4-7)20-5-11(12,13)14/h2-4,6H,5H2,1H3,(H,16,17)(H,18,19)/t6-/m0/s1. The van der Waals surface area contributed by atoms with Crippen molar-refractivity contribution >= 4 is 11.9 Å². The zero-order valence-corrected chi connectivity index (χ0v) is 10.3. The topological polar surface area (TPSA) is 88.5 Å². The second-order valence-electron chi connectivity index (χ2n) is 3.82. The van der Waals surface area contributed by atoms with Gasteiger partial charge >= 0.3 is 12.1 Å². The molecule has 0 fully saturated rings. The highest BCUT2D eigenvalue weighted by atomic mass is 19.4. The van der Waals surface area contributed by atoms with Crippen LogP contribution in [0.15, 0.2) is 18.3 Å². The first kappa shape index (κ1) is 15.7. The third-order valence-electron chi connectivity index (χ3n) is 2.10. The van der Waals surface area contributed by atoms with Gasteiger partial charge < -0.3 is 15.2 Å². The summed E-state index contributed by atoms with van der Waals surface area (Å²) in [6.07, 6.45) is -3.48. The van der Waals surface area contributed by atoms with Gasteiger partial charge in [0, 0.05) is 12.3 Å². The van der Waals surface area contributed by atoms with Crippen molar-refractivity contribution in [2.75, 3.05) is 6.61 Å². The maximum Gasteiger partial charge on any atom is 0.422 e. The first-order valence-electron chi connectivity index (χ1n) is 5.38. The number of ether oxygens (including phenoxy) is 1. The van der Waals surface area contributed by atoms with Crippen LogP contribution in [-0.4, -0.2) is 40.8 Å². The van der Waals surface area contributed by atoms with E-state index in [9.17, 15) is 22.8 Å². The first-order valence-corrected chi connectivity index (χ1v) is 5.38. The predicted octanol–water partition coefficient (Wildman–Crippen LogP) is 1.23. The lowest BCUT2D eigenvalue weighted by atomic mass is 10.2. The summed E-state index contributed by atoms with van der Waals surface area (Å²) >= 11 is 0. The van der Waals surface area contributed by atoms with Gasteiger partial charge in [-0.15, -0.1) is 0 Å². The number of aromatic nitrogens is 1. The van der Waals surface area contributed by atoms with Crippen molar-refractivity contribution < 1.29 is 32.6 Å². The van der Waals surface area contributed by atoms with Crippen molar-refractivity contribution in [3.8, 4) is 5.88 Å². The van der Waals surface area contributed by atoms with E-state index in [1.807, 2.05) is 0 Å². The van der Waals surface area contributed by atoms with Gasteiger partial charge in [-0.2, -0.15) is 13.2 Å². The molecule has 1 rings (SSSR count). The van der Waals surface area contributed by atoms with Crippen molar-refractivity contribution in [2.24, 2.45) is 0 Å². The van der Waals surface area contributed by atoms with Gasteiger partial charge in [0.15, 0.2) is 6.61 Å². The van der Waals surface area contributed by atoms with E-state index >= 15 is 0 Å². The minimum Gasteiger partial charge on any atom is -0.480 e. The lowest BCUT2D eigenvalue weighted by molar-refractivity contribution is -0.154. The predicted molar refractivity (Wildman–Crippen MR) is 60.4 cm³/mol. The molecular formula is C11H11F3N2O4. The lowest BCUT2D eigenvalue weighted by Gasteiger charge is -2.10. The van der Waals surface area contributed by atoms with Gasteiger partial charge in [-0.05, 0) is 13.0 Å². The second kappa shape index (κ2) is 6.22. The van der Waals surface area contributed by atoms with Crippen molar-refractivity contribution in [1.82, 2.24) is 10.3 Å². The third-order valence-corrected chi connectivity index (χ3v) is 2.10. The number of carboxylic acid groups (broad SMARTS) is 1. The van der Waals surface area contributed by atoms with E-state index in [2.05, 4.69) is 15.0 Å². The molecule has 1 amide bonds. The Balaban J connectivity index is 2.62. The third kappa shape index (κ3) is 5.12. The number of aliphatic carboxylic acids is 1. The molecule has 0 unspecified atom stereocenters. The Labute approximate surface area is 111 Å². The summed E-state index contributed by atoms with van der Waals surface area (Å²) in [5.74, 6) is -2.20. The number of alkyl halides is 3. The van der Waals surface area contributed by atoms with E-state index < -0.39 is 30.7 Å². The average Bonchev–Trinajstić information content (AvgIpc) is 2.35. The van der Waals surface area contributed by atoms with Crippen molar-refractivity contribution in [2.45, 2.75) is 19.1 Å². The maximum absolute atomic E-state index is 11.9. The highest BCUT2D eigenvalue weighted by Gasteiger charge is 2.28. The zero-order chi connectivity index (χ0) is 15.3. The Bertz CT molecular complexity index is 487. The number of nitrogens with one attached hydrogen (secondary N) is 1. The van der Waals surface area contributed by atoms with Crippen LogP contribution in [0, 0.1) is 0 Å². The number of pyridine rings is 1. The molecule has 0 aliphatic heterocycles. The van der Waals surface area contributed by atoms with Crippen LogP contribution in [-0.2, 0) is 4.79 Å². The Kier molecular flexibility index (Phi) is 4.89. The van der Waals surface area contributed by atoms with Crippen LogP contribution in [0.4, 0.5) is 13.2 Å². The first-order chi connectivity index (χ1) is 9.19. The quantitative estimate of drug-likeness (QED) is 0.852. The number of hydrogen-bond acceptors (Lipinski definition) is 4. The van der Waals surface area contributed by atoms with Crippen molar-refractivity contribution in [1.29, 1.82) is 0 Å². The van der Waals surface area contributed by atoms with Gasteiger partial charge in [0.1, 0.15) is 6.04 Å². The monoisotopic (exact) mass is 292 g/mol. The lowest BCUT2D eigenvalue weighted by Crippen LogP contribution is -2.38. The summed E-state index contributed by atoms with van der Waals surface area (Å²) in [7, 11) is 0. The molecule has 0 aliphatic rings. The van der Waals surface area contributed by atoms with Crippen LogP contribution in [0.2, 0.25) is 0 Å². The normalized spacial score (nSPS) is 12.6. The Morgan fingerprint density at radius 2 is 2.10 bits per heavy atom. The molecule has 2 N–H and O–H groups in total. The van der Waals surface area contributed by atoms with Crippen LogP contribution in [0.3, 0.4) is 0 Å². The molecule has 6 nitrogen and oxygen atoms in total. The van der Waals surface area contributed by atoms with Gasteiger partial charge in [0.05, 0.1) is 5.56 Å². The van der Waals surface area contributed by atoms with Gasteiger partial charge in [0.25, 0.3) is 5.91 Å². The molecule has 0 spiro atoms. The fourth-order valence-electron chi connectivity index (χ4n) is 1.10. The molecule has 110 valence electrons. The molecule has 0 saturated carbocycles. The molecule has 9 heteroatoms. The van der Waals surface area contributed by atoms with E-state index in [0.717, 1.165) is 12.3 Å². The van der Waals surface area contributed by atoms with E-state index in [1.54, 1.807) is 0 Å². The molecule has 0 bridgehead atoms. The number of hydrogen-bond donors (Lipinski definition) is 2. The summed E-state index contributed by atoms with van der Waals surface area (Å²) in [5.41, 5.74) is 0.0115. The van der Waals surface area contributed by atoms with Gasteiger partial charge in [-0.3, -0.25) is 9.59 Å². The molecular weight excluding hydrogens is 281 g/mol. The number of rotatable bonds is 5. The number of carbonyl (C=O) groups excluding carboxylic acids is 1. The van der Waals surface area contributed by atoms with Crippen LogP contribution in [0.25, 0.3) is 0 Å². The summed E-state index contributed by atoms with van der Waals surface area (Å²) in [4.78, 5) is 25.6. The summed E-state index contributed by atoms with van der Waals surface area (Å²) in [6.45, 7) is -0.212. The summed E-state index contributed by atoms with van der Waals surface area (Å²) in [6, 6.07) is 1.18. The molecule has 0 aliphatic carbocycles. The van der Waals surface area contributed by atoms with Gasteiger partial charge in [-0.1, -0.05) is 0 Å². The number of carboxylic acids is 1.